The van der Waals surface area contributed by atoms with Crippen LogP contribution in [0.15, 0.2) is 30.6 Å². The highest BCUT2D eigenvalue weighted by Crippen LogP contribution is 2.20. The van der Waals surface area contributed by atoms with Crippen molar-refractivity contribution in [3.63, 3.8) is 0 Å². The number of anilines is 2. The minimum absolute atomic E-state index is 0.113. The fraction of sp³-hybridized carbons (Fsp3) is 0.389. The van der Waals surface area contributed by atoms with E-state index in [2.05, 4.69) is 15.3 Å². The number of sulfone groups is 1. The third kappa shape index (κ3) is 4.01. The zero-order chi connectivity index (χ0) is 18.9. The molecule has 0 saturated carbocycles. The standard InChI is InChI=1S/C18H22N4O3S/c1-12-4-5-16(13(2)8-12)21-17(23)14-9-19-18(20-10-14)22(3)15-6-7-26(24,25)11-15/h4-5,8-10,15H,6-7,11H2,1-3H3,(H,21,23). The van der Waals surface area contributed by atoms with Crippen molar-refractivity contribution in [3.8, 4) is 0 Å². The van der Waals surface area contributed by atoms with Crippen molar-refractivity contribution in [2.45, 2.75) is 26.3 Å². The summed E-state index contributed by atoms with van der Waals surface area (Å²) in [5, 5.41) is 2.86. The van der Waals surface area contributed by atoms with Crippen LogP contribution in [0.3, 0.4) is 0 Å². The van der Waals surface area contributed by atoms with Crippen molar-refractivity contribution in [1.82, 2.24) is 9.97 Å². The highest BCUT2D eigenvalue weighted by molar-refractivity contribution is 7.91. The van der Waals surface area contributed by atoms with Crippen molar-refractivity contribution in [2.24, 2.45) is 0 Å². The monoisotopic (exact) mass is 374 g/mol. The number of carbonyl (C=O) groups excluding carboxylic acids is 1. The first-order valence-electron chi connectivity index (χ1n) is 8.39. The molecule has 1 aliphatic rings. The molecule has 0 radical (unpaired) electrons. The Morgan fingerprint density at radius 2 is 1.92 bits per heavy atom. The van der Waals surface area contributed by atoms with Gasteiger partial charge in [0.2, 0.25) is 5.95 Å². The molecule has 0 bridgehead atoms. The fourth-order valence-electron chi connectivity index (χ4n) is 3.01. The molecule has 2 heterocycles. The van der Waals surface area contributed by atoms with Gasteiger partial charge in [0.15, 0.2) is 9.84 Å². The first kappa shape index (κ1) is 18.3. The molecule has 8 heteroatoms. The van der Waals surface area contributed by atoms with Crippen LogP contribution in [-0.4, -0.2) is 48.9 Å². The minimum Gasteiger partial charge on any atom is -0.340 e. The molecule has 1 aliphatic heterocycles. The lowest BCUT2D eigenvalue weighted by Crippen LogP contribution is -2.34. The van der Waals surface area contributed by atoms with Gasteiger partial charge in [-0.1, -0.05) is 17.7 Å². The highest BCUT2D eigenvalue weighted by Gasteiger charge is 2.31. The number of rotatable bonds is 4. The molecule has 1 aromatic carbocycles. The molecule has 1 N–H and O–H groups in total. The molecule has 138 valence electrons. The van der Waals surface area contributed by atoms with Gasteiger partial charge in [-0.3, -0.25) is 4.79 Å². The number of carbonyl (C=O) groups is 1. The maximum Gasteiger partial charge on any atom is 0.258 e. The Kier molecular flexibility index (Phi) is 4.95. The zero-order valence-corrected chi connectivity index (χ0v) is 15.9. The van der Waals surface area contributed by atoms with Crippen LogP contribution >= 0.6 is 0 Å². The van der Waals surface area contributed by atoms with Gasteiger partial charge in [0.25, 0.3) is 5.91 Å². The maximum atomic E-state index is 12.4. The number of nitrogens with one attached hydrogen (secondary N) is 1. The fourth-order valence-corrected chi connectivity index (χ4v) is 4.79. The molecule has 0 aliphatic carbocycles. The predicted molar refractivity (Wildman–Crippen MR) is 101 cm³/mol. The van der Waals surface area contributed by atoms with Gasteiger partial charge in [0.1, 0.15) is 0 Å². The third-order valence-electron chi connectivity index (χ3n) is 4.60. The summed E-state index contributed by atoms with van der Waals surface area (Å²) in [4.78, 5) is 22.6. The van der Waals surface area contributed by atoms with Crippen LogP contribution in [0.4, 0.5) is 11.6 Å². The summed E-state index contributed by atoms with van der Waals surface area (Å²) < 4.78 is 23.2. The van der Waals surface area contributed by atoms with Crippen molar-refractivity contribution in [3.05, 3.63) is 47.3 Å². The van der Waals surface area contributed by atoms with Crippen molar-refractivity contribution in [1.29, 1.82) is 0 Å². The Bertz CT molecular complexity index is 926. The van der Waals surface area contributed by atoms with E-state index in [0.29, 0.717) is 17.9 Å². The number of benzene rings is 1. The molecular weight excluding hydrogens is 352 g/mol. The van der Waals surface area contributed by atoms with E-state index >= 15 is 0 Å². The summed E-state index contributed by atoms with van der Waals surface area (Å²) in [6.07, 6.45) is 3.49. The number of nitrogens with zero attached hydrogens (tertiary/aromatic N) is 3. The molecule has 7 nitrogen and oxygen atoms in total. The number of amides is 1. The van der Waals surface area contributed by atoms with Crippen LogP contribution in [0.25, 0.3) is 0 Å². The van der Waals surface area contributed by atoms with Gasteiger partial charge in [0, 0.05) is 31.2 Å². The lowest BCUT2D eigenvalue weighted by molar-refractivity contribution is 0.102. The summed E-state index contributed by atoms with van der Waals surface area (Å²) >= 11 is 0. The molecule has 1 amide bonds. The Morgan fingerprint density at radius 1 is 1.23 bits per heavy atom. The number of aromatic nitrogens is 2. The van der Waals surface area contributed by atoms with Crippen LogP contribution in [-0.2, 0) is 9.84 Å². The third-order valence-corrected chi connectivity index (χ3v) is 6.35. The van der Waals surface area contributed by atoms with E-state index < -0.39 is 9.84 Å². The minimum atomic E-state index is -2.97. The SMILES string of the molecule is Cc1ccc(NC(=O)c2cnc(N(C)C3CCS(=O)(=O)C3)nc2)c(C)c1. The smallest absolute Gasteiger partial charge is 0.258 e. The quantitative estimate of drug-likeness (QED) is 0.880. The van der Waals surface area contributed by atoms with E-state index in [-0.39, 0.29) is 23.5 Å². The molecule has 1 fully saturated rings. The Balaban J connectivity index is 1.70. The summed E-state index contributed by atoms with van der Waals surface area (Å²) in [6.45, 7) is 3.93. The van der Waals surface area contributed by atoms with Gasteiger partial charge >= 0.3 is 0 Å². The van der Waals surface area contributed by atoms with E-state index in [1.54, 1.807) is 11.9 Å². The molecule has 0 spiro atoms. The average Bonchev–Trinajstić information content (AvgIpc) is 2.97. The van der Waals surface area contributed by atoms with Gasteiger partial charge in [0.05, 0.1) is 17.1 Å². The van der Waals surface area contributed by atoms with Crippen LogP contribution < -0.4 is 10.2 Å². The number of hydrogen-bond acceptors (Lipinski definition) is 6. The molecule has 1 saturated heterocycles. The van der Waals surface area contributed by atoms with Gasteiger partial charge in [-0.2, -0.15) is 0 Å². The summed E-state index contributed by atoms with van der Waals surface area (Å²) in [5.74, 6) is 0.435. The highest BCUT2D eigenvalue weighted by atomic mass is 32.2. The van der Waals surface area contributed by atoms with Crippen LogP contribution in [0.5, 0.6) is 0 Å². The van der Waals surface area contributed by atoms with Gasteiger partial charge in [-0.05, 0) is 31.9 Å². The van der Waals surface area contributed by atoms with E-state index in [4.69, 9.17) is 0 Å². The van der Waals surface area contributed by atoms with Gasteiger partial charge < -0.3 is 10.2 Å². The molecular formula is C18H22N4O3S. The van der Waals surface area contributed by atoms with E-state index in [1.807, 2.05) is 32.0 Å². The lowest BCUT2D eigenvalue weighted by Gasteiger charge is -2.23. The van der Waals surface area contributed by atoms with Crippen LogP contribution in [0, 0.1) is 13.8 Å². The largest absolute Gasteiger partial charge is 0.340 e. The first-order valence-corrected chi connectivity index (χ1v) is 10.2. The Morgan fingerprint density at radius 3 is 2.50 bits per heavy atom. The number of aryl methyl sites for hydroxylation is 2. The van der Waals surface area contributed by atoms with E-state index in [9.17, 15) is 13.2 Å². The molecule has 26 heavy (non-hydrogen) atoms. The second-order valence-electron chi connectivity index (χ2n) is 6.71. The van der Waals surface area contributed by atoms with Crippen molar-refractivity contribution in [2.75, 3.05) is 28.8 Å². The van der Waals surface area contributed by atoms with E-state index in [0.717, 1.165) is 16.8 Å². The summed E-state index contributed by atoms with van der Waals surface area (Å²) in [7, 11) is -1.20. The van der Waals surface area contributed by atoms with Gasteiger partial charge in [-0.15, -0.1) is 0 Å². The summed E-state index contributed by atoms with van der Waals surface area (Å²) in [6, 6.07) is 5.67. The molecule has 1 atom stereocenters. The van der Waals surface area contributed by atoms with Crippen LogP contribution in [0.2, 0.25) is 0 Å². The lowest BCUT2D eigenvalue weighted by atomic mass is 10.1. The summed E-state index contributed by atoms with van der Waals surface area (Å²) in [5.41, 5.74) is 3.21. The van der Waals surface area contributed by atoms with Crippen molar-refractivity contribution < 1.29 is 13.2 Å². The van der Waals surface area contributed by atoms with E-state index in [1.165, 1.54) is 12.4 Å². The van der Waals surface area contributed by atoms with Gasteiger partial charge in [-0.25, -0.2) is 18.4 Å². The molecule has 3 rings (SSSR count). The van der Waals surface area contributed by atoms with Crippen LogP contribution in [0.1, 0.15) is 27.9 Å². The predicted octanol–water partition coefficient (Wildman–Crippen LogP) is 1.97. The normalized spacial score (nSPS) is 18.5. The molecule has 1 aromatic heterocycles. The Hall–Kier alpha value is -2.48. The molecule has 2 aromatic rings. The molecule has 1 unspecified atom stereocenters. The first-order chi connectivity index (χ1) is 12.2. The average molecular weight is 374 g/mol. The second kappa shape index (κ2) is 7.03. The Labute approximate surface area is 153 Å². The second-order valence-corrected chi connectivity index (χ2v) is 8.94. The topological polar surface area (TPSA) is 92.3 Å². The number of hydrogen-bond donors (Lipinski definition) is 1. The van der Waals surface area contributed by atoms with Crippen molar-refractivity contribution >= 4 is 27.4 Å². The maximum absolute atomic E-state index is 12.4. The zero-order valence-electron chi connectivity index (χ0n) is 15.1.